The standard InChI is InChI=1S/C17H30O5/c1-12(15(19)20)7-8-14(18)11-13(2)16(21)22-10-6-9-17(3,4)5/h12-13H,6-11H2,1-5H3,(H,19,20). The fourth-order valence-corrected chi connectivity index (χ4v) is 1.95. The van der Waals surface area contributed by atoms with Gasteiger partial charge in [-0.05, 0) is 24.7 Å². The molecule has 22 heavy (non-hydrogen) atoms. The number of carbonyl (C=O) groups excluding carboxylic acids is 2. The first-order chi connectivity index (χ1) is 10.0. The molecule has 0 aliphatic carbocycles. The fourth-order valence-electron chi connectivity index (χ4n) is 1.95. The van der Waals surface area contributed by atoms with Crippen LogP contribution >= 0.6 is 0 Å². The molecular formula is C17H30O5. The van der Waals surface area contributed by atoms with Gasteiger partial charge in [0.1, 0.15) is 5.78 Å². The maximum absolute atomic E-state index is 11.8. The Morgan fingerprint density at radius 3 is 2.18 bits per heavy atom. The van der Waals surface area contributed by atoms with Crippen LogP contribution in [0, 0.1) is 17.3 Å². The van der Waals surface area contributed by atoms with Gasteiger partial charge >= 0.3 is 11.9 Å². The Hall–Kier alpha value is -1.39. The van der Waals surface area contributed by atoms with E-state index in [0.29, 0.717) is 13.0 Å². The second kappa shape index (κ2) is 9.59. The van der Waals surface area contributed by atoms with Crippen molar-refractivity contribution >= 4 is 17.7 Å². The summed E-state index contributed by atoms with van der Waals surface area (Å²) in [7, 11) is 0. The molecule has 0 spiro atoms. The minimum Gasteiger partial charge on any atom is -0.481 e. The number of carbonyl (C=O) groups is 3. The van der Waals surface area contributed by atoms with E-state index in [1.165, 1.54) is 0 Å². The van der Waals surface area contributed by atoms with Crippen LogP contribution in [0.25, 0.3) is 0 Å². The van der Waals surface area contributed by atoms with Gasteiger partial charge in [-0.25, -0.2) is 0 Å². The van der Waals surface area contributed by atoms with Crippen molar-refractivity contribution in [3.63, 3.8) is 0 Å². The van der Waals surface area contributed by atoms with Crippen LogP contribution in [0.15, 0.2) is 0 Å². The summed E-state index contributed by atoms with van der Waals surface area (Å²) in [6, 6.07) is 0. The van der Waals surface area contributed by atoms with Crippen molar-refractivity contribution in [3.8, 4) is 0 Å². The largest absolute Gasteiger partial charge is 0.481 e. The summed E-state index contributed by atoms with van der Waals surface area (Å²) in [5.41, 5.74) is 0.217. The lowest BCUT2D eigenvalue weighted by molar-refractivity contribution is -0.150. The van der Waals surface area contributed by atoms with E-state index in [0.717, 1.165) is 12.8 Å². The van der Waals surface area contributed by atoms with E-state index in [1.807, 2.05) is 0 Å². The summed E-state index contributed by atoms with van der Waals surface area (Å²) in [5, 5.41) is 8.76. The van der Waals surface area contributed by atoms with Crippen molar-refractivity contribution in [3.05, 3.63) is 0 Å². The lowest BCUT2D eigenvalue weighted by Crippen LogP contribution is -2.20. The van der Waals surface area contributed by atoms with E-state index in [9.17, 15) is 14.4 Å². The normalized spacial score (nSPS) is 14.2. The van der Waals surface area contributed by atoms with Crippen molar-refractivity contribution in [2.24, 2.45) is 17.3 Å². The topological polar surface area (TPSA) is 80.7 Å². The molecule has 0 bridgehead atoms. The first kappa shape index (κ1) is 20.6. The quantitative estimate of drug-likeness (QED) is 0.493. The van der Waals surface area contributed by atoms with Gasteiger partial charge in [-0.1, -0.05) is 34.6 Å². The van der Waals surface area contributed by atoms with Gasteiger partial charge in [0.15, 0.2) is 0 Å². The highest BCUT2D eigenvalue weighted by atomic mass is 16.5. The molecule has 0 heterocycles. The molecule has 2 atom stereocenters. The third-order valence-electron chi connectivity index (χ3n) is 3.53. The molecule has 0 amide bonds. The van der Waals surface area contributed by atoms with Crippen molar-refractivity contribution in [2.75, 3.05) is 6.61 Å². The van der Waals surface area contributed by atoms with Crippen molar-refractivity contribution in [1.29, 1.82) is 0 Å². The predicted octanol–water partition coefficient (Wildman–Crippen LogP) is 3.45. The first-order valence-electron chi connectivity index (χ1n) is 7.94. The maximum atomic E-state index is 11.8. The number of Topliss-reactive ketones (excluding diaryl/α,β-unsaturated/α-hetero) is 1. The average molecular weight is 314 g/mol. The van der Waals surface area contributed by atoms with Crippen LogP contribution in [0.5, 0.6) is 0 Å². The van der Waals surface area contributed by atoms with Crippen molar-refractivity contribution in [2.45, 2.75) is 66.7 Å². The number of esters is 1. The first-order valence-corrected chi connectivity index (χ1v) is 7.94. The SMILES string of the molecule is CC(CCC(=O)CC(C)C(=O)OCCCC(C)(C)C)C(=O)O. The van der Waals surface area contributed by atoms with Gasteiger partial charge in [0.05, 0.1) is 18.4 Å². The number of aliphatic carboxylic acids is 1. The van der Waals surface area contributed by atoms with E-state index in [4.69, 9.17) is 9.84 Å². The molecule has 5 nitrogen and oxygen atoms in total. The molecule has 0 aromatic heterocycles. The minimum atomic E-state index is -0.904. The zero-order chi connectivity index (χ0) is 17.3. The second-order valence-corrected chi connectivity index (χ2v) is 7.25. The van der Waals surface area contributed by atoms with Gasteiger partial charge in [0, 0.05) is 12.8 Å². The van der Waals surface area contributed by atoms with Gasteiger partial charge in [0.25, 0.3) is 0 Å². The molecule has 0 aromatic rings. The molecule has 0 fully saturated rings. The Balaban J connectivity index is 3.94. The van der Waals surface area contributed by atoms with Crippen LogP contribution in [0.2, 0.25) is 0 Å². The molecule has 0 saturated heterocycles. The predicted molar refractivity (Wildman–Crippen MR) is 84.5 cm³/mol. The Kier molecular flexibility index (Phi) is 8.99. The zero-order valence-corrected chi connectivity index (χ0v) is 14.5. The maximum Gasteiger partial charge on any atom is 0.309 e. The summed E-state index contributed by atoms with van der Waals surface area (Å²) >= 11 is 0. The lowest BCUT2D eigenvalue weighted by Gasteiger charge is -2.18. The number of carboxylic acids is 1. The smallest absolute Gasteiger partial charge is 0.309 e. The highest BCUT2D eigenvalue weighted by molar-refractivity contribution is 5.84. The Bertz CT molecular complexity index is 381. The van der Waals surface area contributed by atoms with Crippen LogP contribution in [0.4, 0.5) is 0 Å². The van der Waals surface area contributed by atoms with Gasteiger partial charge in [-0.2, -0.15) is 0 Å². The molecule has 2 unspecified atom stereocenters. The molecule has 0 rings (SSSR count). The Labute approximate surface area is 133 Å². The number of hydrogen-bond acceptors (Lipinski definition) is 4. The number of rotatable bonds is 10. The van der Waals surface area contributed by atoms with Gasteiger partial charge in [0.2, 0.25) is 0 Å². The molecule has 5 heteroatoms. The van der Waals surface area contributed by atoms with E-state index in [1.54, 1.807) is 13.8 Å². The lowest BCUT2D eigenvalue weighted by atomic mass is 9.91. The highest BCUT2D eigenvalue weighted by Crippen LogP contribution is 2.20. The summed E-state index contributed by atoms with van der Waals surface area (Å²) in [5.74, 6) is -2.36. The molecule has 0 aliphatic heterocycles. The number of hydrogen-bond donors (Lipinski definition) is 1. The summed E-state index contributed by atoms with van der Waals surface area (Å²) in [6.45, 7) is 10.0. The van der Waals surface area contributed by atoms with Crippen molar-refractivity contribution < 1.29 is 24.2 Å². The number of carboxylic acid groups (broad SMARTS) is 1. The van der Waals surface area contributed by atoms with Crippen LogP contribution in [-0.2, 0) is 19.1 Å². The third-order valence-corrected chi connectivity index (χ3v) is 3.53. The molecule has 128 valence electrons. The van der Waals surface area contributed by atoms with Crippen LogP contribution in [-0.4, -0.2) is 29.4 Å². The molecular weight excluding hydrogens is 284 g/mol. The Morgan fingerprint density at radius 2 is 1.68 bits per heavy atom. The van der Waals surface area contributed by atoms with E-state index >= 15 is 0 Å². The summed E-state index contributed by atoms with van der Waals surface area (Å²) in [6.07, 6.45) is 2.40. The molecule has 0 saturated carbocycles. The molecule has 1 N–H and O–H groups in total. The van der Waals surface area contributed by atoms with Crippen LogP contribution < -0.4 is 0 Å². The Morgan fingerprint density at radius 1 is 1.09 bits per heavy atom. The fraction of sp³-hybridized carbons (Fsp3) is 0.824. The minimum absolute atomic E-state index is 0.0905. The average Bonchev–Trinajstić information content (AvgIpc) is 2.39. The van der Waals surface area contributed by atoms with Crippen LogP contribution in [0.3, 0.4) is 0 Å². The van der Waals surface area contributed by atoms with E-state index in [-0.39, 0.29) is 30.0 Å². The van der Waals surface area contributed by atoms with Gasteiger partial charge in [-0.3, -0.25) is 14.4 Å². The summed E-state index contributed by atoms with van der Waals surface area (Å²) < 4.78 is 5.18. The number of ketones is 1. The number of ether oxygens (including phenoxy) is 1. The third kappa shape index (κ3) is 10.4. The van der Waals surface area contributed by atoms with Crippen molar-refractivity contribution in [1.82, 2.24) is 0 Å². The molecule has 0 aromatic carbocycles. The summed E-state index contributed by atoms with van der Waals surface area (Å²) in [4.78, 5) is 34.2. The van der Waals surface area contributed by atoms with Gasteiger partial charge in [-0.15, -0.1) is 0 Å². The van der Waals surface area contributed by atoms with E-state index < -0.39 is 17.8 Å². The zero-order valence-electron chi connectivity index (χ0n) is 14.5. The monoisotopic (exact) mass is 314 g/mol. The molecule has 0 aliphatic rings. The van der Waals surface area contributed by atoms with E-state index in [2.05, 4.69) is 20.8 Å². The van der Waals surface area contributed by atoms with Gasteiger partial charge < -0.3 is 9.84 Å². The second-order valence-electron chi connectivity index (χ2n) is 7.25. The highest BCUT2D eigenvalue weighted by Gasteiger charge is 2.20. The van der Waals surface area contributed by atoms with Crippen LogP contribution in [0.1, 0.15) is 66.7 Å². The molecule has 0 radical (unpaired) electrons.